The average Bonchev–Trinajstić information content (AvgIpc) is 2.19. The SMILES string of the molecule is NC1CCN(/C2=C/CCCCCC2)CC1. The summed E-state index contributed by atoms with van der Waals surface area (Å²) in [4.78, 5) is 2.58. The van der Waals surface area contributed by atoms with Crippen LogP contribution >= 0.6 is 0 Å². The van der Waals surface area contributed by atoms with Crippen LogP contribution in [-0.2, 0) is 0 Å². The molecule has 15 heavy (non-hydrogen) atoms. The highest BCUT2D eigenvalue weighted by atomic mass is 15.1. The van der Waals surface area contributed by atoms with E-state index in [1.807, 2.05) is 0 Å². The van der Waals surface area contributed by atoms with E-state index < -0.39 is 0 Å². The Morgan fingerprint density at radius 3 is 2.60 bits per heavy atom. The van der Waals surface area contributed by atoms with Gasteiger partial charge in [-0.25, -0.2) is 0 Å². The van der Waals surface area contributed by atoms with E-state index in [9.17, 15) is 0 Å². The second kappa shape index (κ2) is 5.55. The molecule has 0 amide bonds. The molecule has 2 N–H and O–H groups in total. The lowest BCUT2D eigenvalue weighted by Gasteiger charge is -2.34. The van der Waals surface area contributed by atoms with Gasteiger partial charge in [0.2, 0.25) is 0 Å². The summed E-state index contributed by atoms with van der Waals surface area (Å²) >= 11 is 0. The van der Waals surface area contributed by atoms with Crippen LogP contribution < -0.4 is 5.73 Å². The summed E-state index contributed by atoms with van der Waals surface area (Å²) in [5.41, 5.74) is 7.55. The van der Waals surface area contributed by atoms with Gasteiger partial charge >= 0.3 is 0 Å². The standard InChI is InChI=1S/C13H24N2/c14-12-8-10-15(11-9-12)13-6-4-2-1-3-5-7-13/h6,12H,1-5,7-11,14H2/b13-6+. The molecule has 1 fully saturated rings. The minimum absolute atomic E-state index is 0.454. The number of piperidine rings is 1. The summed E-state index contributed by atoms with van der Waals surface area (Å²) in [5, 5.41) is 0. The molecular formula is C13H24N2. The molecule has 0 bridgehead atoms. The molecule has 1 heterocycles. The number of rotatable bonds is 1. The first-order valence-electron chi connectivity index (χ1n) is 6.56. The van der Waals surface area contributed by atoms with Crippen LogP contribution in [0.25, 0.3) is 0 Å². The van der Waals surface area contributed by atoms with Gasteiger partial charge in [0.25, 0.3) is 0 Å². The van der Waals surface area contributed by atoms with E-state index in [2.05, 4.69) is 11.0 Å². The van der Waals surface area contributed by atoms with Crippen LogP contribution in [0.1, 0.15) is 51.4 Å². The van der Waals surface area contributed by atoms with Gasteiger partial charge in [-0.1, -0.05) is 18.9 Å². The Bertz CT molecular complexity index is 215. The number of allylic oxidation sites excluding steroid dienone is 2. The van der Waals surface area contributed by atoms with E-state index in [0.717, 1.165) is 0 Å². The van der Waals surface area contributed by atoms with Crippen LogP contribution in [0.2, 0.25) is 0 Å². The predicted molar refractivity (Wildman–Crippen MR) is 64.6 cm³/mol. The molecule has 1 aliphatic heterocycles. The largest absolute Gasteiger partial charge is 0.375 e. The van der Waals surface area contributed by atoms with Crippen molar-refractivity contribution in [2.24, 2.45) is 5.73 Å². The Hall–Kier alpha value is -0.500. The van der Waals surface area contributed by atoms with Crippen molar-refractivity contribution in [1.29, 1.82) is 0 Å². The first kappa shape index (κ1) is 11.0. The number of nitrogens with zero attached hydrogens (tertiary/aromatic N) is 1. The normalized spacial score (nSPS) is 29.1. The smallest absolute Gasteiger partial charge is 0.0189 e. The summed E-state index contributed by atoms with van der Waals surface area (Å²) in [6.45, 7) is 2.38. The van der Waals surface area contributed by atoms with E-state index in [4.69, 9.17) is 5.73 Å². The van der Waals surface area contributed by atoms with Crippen molar-refractivity contribution >= 4 is 0 Å². The van der Waals surface area contributed by atoms with Crippen molar-refractivity contribution in [3.05, 3.63) is 11.8 Å². The van der Waals surface area contributed by atoms with Crippen LogP contribution in [0.4, 0.5) is 0 Å². The van der Waals surface area contributed by atoms with Crippen LogP contribution in [0.15, 0.2) is 11.8 Å². The third kappa shape index (κ3) is 3.23. The summed E-state index contributed by atoms with van der Waals surface area (Å²) in [6.07, 6.45) is 13.0. The molecule has 0 radical (unpaired) electrons. The fourth-order valence-electron chi connectivity index (χ4n) is 2.65. The number of hydrogen-bond acceptors (Lipinski definition) is 2. The molecule has 0 unspecified atom stereocenters. The molecule has 1 aliphatic carbocycles. The first-order chi connectivity index (χ1) is 7.36. The van der Waals surface area contributed by atoms with Gasteiger partial charge in [0.15, 0.2) is 0 Å². The third-order valence-electron chi connectivity index (χ3n) is 3.71. The van der Waals surface area contributed by atoms with Gasteiger partial charge in [-0.3, -0.25) is 0 Å². The van der Waals surface area contributed by atoms with Crippen LogP contribution in [0, 0.1) is 0 Å². The second-order valence-corrected chi connectivity index (χ2v) is 4.97. The van der Waals surface area contributed by atoms with Gasteiger partial charge in [0.1, 0.15) is 0 Å². The molecule has 0 aromatic rings. The Kier molecular flexibility index (Phi) is 4.07. The number of nitrogens with two attached hydrogens (primary N) is 1. The molecule has 1 saturated heterocycles. The summed E-state index contributed by atoms with van der Waals surface area (Å²) < 4.78 is 0. The Morgan fingerprint density at radius 2 is 1.80 bits per heavy atom. The van der Waals surface area contributed by atoms with Crippen LogP contribution in [-0.4, -0.2) is 24.0 Å². The van der Waals surface area contributed by atoms with Crippen molar-refractivity contribution in [1.82, 2.24) is 4.90 Å². The Labute approximate surface area is 93.5 Å². The van der Waals surface area contributed by atoms with Crippen molar-refractivity contribution in [3.8, 4) is 0 Å². The highest BCUT2D eigenvalue weighted by molar-refractivity contribution is 5.03. The maximum atomic E-state index is 5.94. The van der Waals surface area contributed by atoms with Crippen LogP contribution in [0.5, 0.6) is 0 Å². The lowest BCUT2D eigenvalue weighted by molar-refractivity contribution is 0.253. The molecule has 0 atom stereocenters. The van der Waals surface area contributed by atoms with Gasteiger partial charge in [-0.2, -0.15) is 0 Å². The van der Waals surface area contributed by atoms with Gasteiger partial charge in [-0.05, 0) is 38.5 Å². The molecule has 0 aromatic heterocycles. The van der Waals surface area contributed by atoms with Gasteiger partial charge in [0.05, 0.1) is 0 Å². The molecule has 0 aromatic carbocycles. The monoisotopic (exact) mass is 208 g/mol. The van der Waals surface area contributed by atoms with Crippen molar-refractivity contribution in [2.75, 3.05) is 13.1 Å². The molecule has 2 rings (SSSR count). The zero-order chi connectivity index (χ0) is 10.5. The third-order valence-corrected chi connectivity index (χ3v) is 3.71. The van der Waals surface area contributed by atoms with E-state index in [0.29, 0.717) is 6.04 Å². The lowest BCUT2D eigenvalue weighted by atomic mass is 10.00. The highest BCUT2D eigenvalue weighted by Crippen LogP contribution is 2.22. The van der Waals surface area contributed by atoms with Gasteiger partial charge < -0.3 is 10.6 Å². The van der Waals surface area contributed by atoms with E-state index in [1.54, 1.807) is 5.70 Å². The Morgan fingerprint density at radius 1 is 1.07 bits per heavy atom. The number of likely N-dealkylation sites (tertiary alicyclic amines) is 1. The van der Waals surface area contributed by atoms with Crippen molar-refractivity contribution in [3.63, 3.8) is 0 Å². The maximum Gasteiger partial charge on any atom is 0.0189 e. The second-order valence-electron chi connectivity index (χ2n) is 4.97. The van der Waals surface area contributed by atoms with Crippen molar-refractivity contribution < 1.29 is 0 Å². The minimum atomic E-state index is 0.454. The van der Waals surface area contributed by atoms with Crippen LogP contribution in [0.3, 0.4) is 0 Å². The molecule has 86 valence electrons. The van der Waals surface area contributed by atoms with Gasteiger partial charge in [0, 0.05) is 24.8 Å². The highest BCUT2D eigenvalue weighted by Gasteiger charge is 2.17. The maximum absolute atomic E-state index is 5.94. The summed E-state index contributed by atoms with van der Waals surface area (Å²) in [7, 11) is 0. The Balaban J connectivity index is 1.89. The topological polar surface area (TPSA) is 29.3 Å². The molecule has 2 aliphatic rings. The van der Waals surface area contributed by atoms with E-state index >= 15 is 0 Å². The molecule has 0 saturated carbocycles. The molecule has 2 heteroatoms. The number of hydrogen-bond donors (Lipinski definition) is 1. The lowest BCUT2D eigenvalue weighted by Crippen LogP contribution is -2.39. The first-order valence-corrected chi connectivity index (χ1v) is 6.56. The fourth-order valence-corrected chi connectivity index (χ4v) is 2.65. The molecular weight excluding hydrogens is 184 g/mol. The van der Waals surface area contributed by atoms with Gasteiger partial charge in [-0.15, -0.1) is 0 Å². The molecule has 0 spiro atoms. The van der Waals surface area contributed by atoms with E-state index in [1.165, 1.54) is 64.5 Å². The molecule has 2 nitrogen and oxygen atoms in total. The predicted octanol–water partition coefficient (Wildman–Crippen LogP) is 2.65. The fraction of sp³-hybridized carbons (Fsp3) is 0.846. The minimum Gasteiger partial charge on any atom is -0.375 e. The summed E-state index contributed by atoms with van der Waals surface area (Å²) in [5.74, 6) is 0. The average molecular weight is 208 g/mol. The quantitative estimate of drug-likeness (QED) is 0.718. The van der Waals surface area contributed by atoms with E-state index in [-0.39, 0.29) is 0 Å². The summed E-state index contributed by atoms with van der Waals surface area (Å²) in [6, 6.07) is 0.454. The zero-order valence-corrected chi connectivity index (χ0v) is 9.75. The van der Waals surface area contributed by atoms with Crippen molar-refractivity contribution in [2.45, 2.75) is 57.4 Å². The zero-order valence-electron chi connectivity index (χ0n) is 9.75.